The van der Waals surface area contributed by atoms with Crippen LogP contribution >= 0.6 is 0 Å². The van der Waals surface area contributed by atoms with Crippen molar-refractivity contribution in [3.8, 4) is 0 Å². The summed E-state index contributed by atoms with van der Waals surface area (Å²) in [5.41, 5.74) is 14.0. The Balaban J connectivity index is 1.38. The topological polar surface area (TPSA) is 103 Å². The fourth-order valence-corrected chi connectivity index (χ4v) is 5.91. The molecule has 0 radical (unpaired) electrons. The summed E-state index contributed by atoms with van der Waals surface area (Å²) in [5.74, 6) is -0.689. The Kier molecular flexibility index (Phi) is 7.43. The summed E-state index contributed by atoms with van der Waals surface area (Å²) < 4.78 is 16.9. The number of benzene rings is 1. The number of piperidine rings is 1. The molecule has 2 aliphatic rings. The highest BCUT2D eigenvalue weighted by Crippen LogP contribution is 2.38. The number of fused-ring (bicyclic) bond motifs is 1. The summed E-state index contributed by atoms with van der Waals surface area (Å²) in [4.78, 5) is 30.2. The molecule has 1 aliphatic heterocycles. The van der Waals surface area contributed by atoms with E-state index in [9.17, 15) is 9.18 Å². The van der Waals surface area contributed by atoms with Gasteiger partial charge in [-0.05, 0) is 87.0 Å². The molecule has 0 spiro atoms. The van der Waals surface area contributed by atoms with Crippen molar-refractivity contribution in [1.82, 2.24) is 19.4 Å². The molecule has 1 atom stereocenters. The highest BCUT2D eigenvalue weighted by Gasteiger charge is 2.29. The van der Waals surface area contributed by atoms with Gasteiger partial charge in [0.05, 0.1) is 23.1 Å². The molecule has 41 heavy (non-hydrogen) atoms. The van der Waals surface area contributed by atoms with E-state index in [0.29, 0.717) is 29.6 Å². The Morgan fingerprint density at radius 2 is 1.95 bits per heavy atom. The van der Waals surface area contributed by atoms with Gasteiger partial charge in [0.2, 0.25) is 0 Å². The lowest BCUT2D eigenvalue weighted by Gasteiger charge is -2.40. The van der Waals surface area contributed by atoms with E-state index >= 15 is 0 Å². The van der Waals surface area contributed by atoms with E-state index < -0.39 is 5.82 Å². The normalized spacial score (nSPS) is 17.2. The zero-order valence-corrected chi connectivity index (χ0v) is 23.4. The van der Waals surface area contributed by atoms with E-state index in [0.717, 1.165) is 61.4 Å². The summed E-state index contributed by atoms with van der Waals surface area (Å²) >= 11 is 0. The largest absolute Gasteiger partial charge is 0.369 e. The fourth-order valence-electron chi connectivity index (χ4n) is 5.91. The van der Waals surface area contributed by atoms with Crippen LogP contribution in [0.1, 0.15) is 54.2 Å². The Labute approximate surface area is 237 Å². The van der Waals surface area contributed by atoms with Crippen molar-refractivity contribution in [2.45, 2.75) is 64.7 Å². The number of aromatic nitrogens is 3. The van der Waals surface area contributed by atoms with Crippen molar-refractivity contribution in [2.75, 3.05) is 18.0 Å². The van der Waals surface area contributed by atoms with Crippen LogP contribution in [0.15, 0.2) is 64.9 Å². The third-order valence-electron chi connectivity index (χ3n) is 8.16. The van der Waals surface area contributed by atoms with Gasteiger partial charge in [-0.1, -0.05) is 5.11 Å². The fraction of sp³-hybridized carbons (Fsp3) is 0.387. The number of aryl methyl sites for hydroxylation is 2. The summed E-state index contributed by atoms with van der Waals surface area (Å²) in [6, 6.07) is 11.5. The van der Waals surface area contributed by atoms with Gasteiger partial charge in [0, 0.05) is 77.9 Å². The minimum absolute atomic E-state index is 0.0934. The third kappa shape index (κ3) is 5.80. The van der Waals surface area contributed by atoms with Gasteiger partial charge in [0.25, 0.3) is 0 Å². The summed E-state index contributed by atoms with van der Waals surface area (Å²) in [7, 11) is 0. The zero-order valence-electron chi connectivity index (χ0n) is 23.4. The molecule has 0 unspecified atom stereocenters. The lowest BCUT2D eigenvalue weighted by molar-refractivity contribution is 0.158. The van der Waals surface area contributed by atoms with E-state index in [2.05, 4.69) is 46.5 Å². The van der Waals surface area contributed by atoms with Gasteiger partial charge in [-0.2, -0.15) is 0 Å². The predicted molar refractivity (Wildman–Crippen MR) is 158 cm³/mol. The van der Waals surface area contributed by atoms with E-state index in [-0.39, 0.29) is 23.2 Å². The third-order valence-corrected chi connectivity index (χ3v) is 8.16. The Bertz CT molecular complexity index is 1690. The van der Waals surface area contributed by atoms with Crippen molar-refractivity contribution < 1.29 is 4.39 Å². The van der Waals surface area contributed by atoms with Crippen LogP contribution in [0.3, 0.4) is 0 Å². The number of nitrogens with zero attached hydrogens (tertiary/aromatic N) is 8. The Morgan fingerprint density at radius 3 is 2.68 bits per heavy atom. The summed E-state index contributed by atoms with van der Waals surface area (Å²) in [6.07, 6.45) is 9.73. The van der Waals surface area contributed by atoms with Gasteiger partial charge < -0.3 is 9.47 Å². The molecular weight excluding hydrogens is 519 g/mol. The second kappa shape index (κ2) is 11.3. The van der Waals surface area contributed by atoms with Gasteiger partial charge in [-0.25, -0.2) is 4.39 Å². The van der Waals surface area contributed by atoms with Crippen molar-refractivity contribution in [3.63, 3.8) is 0 Å². The molecule has 10 heteroatoms. The molecule has 0 bridgehead atoms. The molecule has 9 nitrogen and oxygen atoms in total. The van der Waals surface area contributed by atoms with E-state index in [1.165, 1.54) is 12.1 Å². The van der Waals surface area contributed by atoms with Crippen LogP contribution in [0, 0.1) is 19.7 Å². The first-order chi connectivity index (χ1) is 19.9. The second-order valence-corrected chi connectivity index (χ2v) is 11.2. The van der Waals surface area contributed by atoms with Gasteiger partial charge in [-0.15, -0.1) is 0 Å². The number of pyridine rings is 3. The molecule has 1 aromatic carbocycles. The van der Waals surface area contributed by atoms with Crippen molar-refractivity contribution in [1.29, 1.82) is 0 Å². The maximum atomic E-state index is 14.8. The molecule has 1 aliphatic carbocycles. The van der Waals surface area contributed by atoms with Crippen LogP contribution in [-0.4, -0.2) is 38.6 Å². The SMILES string of the molecule is Cc1ccc(N2CCC[C@H](N(Cc3ccnc(C)c3)Cc3cn(C4CC4)c4cc(N=[N+]=[N-])c(F)cc4c3=O)C2)cn1. The predicted octanol–water partition coefficient (Wildman–Crippen LogP) is 6.50. The first kappa shape index (κ1) is 26.9. The van der Waals surface area contributed by atoms with Crippen LogP contribution in [-0.2, 0) is 13.1 Å². The lowest BCUT2D eigenvalue weighted by atomic mass is 10.0. The second-order valence-electron chi connectivity index (χ2n) is 11.2. The number of hydrogen-bond acceptors (Lipinski definition) is 6. The number of rotatable bonds is 8. The summed E-state index contributed by atoms with van der Waals surface area (Å²) in [5, 5.41) is 3.82. The Morgan fingerprint density at radius 1 is 1.10 bits per heavy atom. The maximum absolute atomic E-state index is 14.8. The van der Waals surface area contributed by atoms with Crippen LogP contribution in [0.5, 0.6) is 0 Å². The molecule has 1 saturated heterocycles. The quantitative estimate of drug-likeness (QED) is 0.141. The minimum atomic E-state index is -0.689. The molecule has 6 rings (SSSR count). The highest BCUT2D eigenvalue weighted by molar-refractivity contribution is 5.83. The van der Waals surface area contributed by atoms with E-state index in [4.69, 9.17) is 5.53 Å². The molecule has 4 heterocycles. The van der Waals surface area contributed by atoms with E-state index in [1.54, 1.807) is 0 Å². The minimum Gasteiger partial charge on any atom is -0.369 e. The molecule has 0 N–H and O–H groups in total. The van der Waals surface area contributed by atoms with Crippen molar-refractivity contribution in [2.24, 2.45) is 5.11 Å². The standard InChI is InChI=1S/C31H33FN8O/c1-20-5-6-25(15-35-20)38-11-3-4-26(19-38)39(16-22-9-10-34-21(2)12-22)17-23-18-40(24-7-8-24)30-14-29(36-37-33)28(32)13-27(30)31(23)41/h5-6,9-10,12-15,18,24,26H,3-4,7-8,11,16-17,19H2,1-2H3/t26-/m0/s1. The number of hydrogen-bond donors (Lipinski definition) is 0. The van der Waals surface area contributed by atoms with Gasteiger partial charge in [-0.3, -0.25) is 19.7 Å². The van der Waals surface area contributed by atoms with Gasteiger partial charge in [0.15, 0.2) is 5.43 Å². The first-order valence-corrected chi connectivity index (χ1v) is 14.1. The van der Waals surface area contributed by atoms with Crippen LogP contribution < -0.4 is 10.3 Å². The first-order valence-electron chi connectivity index (χ1n) is 14.1. The number of azide groups is 1. The average Bonchev–Trinajstić information content (AvgIpc) is 3.81. The number of halogens is 1. The van der Waals surface area contributed by atoms with Crippen LogP contribution in [0.25, 0.3) is 21.3 Å². The van der Waals surface area contributed by atoms with Gasteiger partial charge >= 0.3 is 0 Å². The van der Waals surface area contributed by atoms with Crippen molar-refractivity contribution in [3.05, 3.63) is 104 Å². The van der Waals surface area contributed by atoms with Crippen molar-refractivity contribution >= 4 is 22.3 Å². The Hall–Kier alpha value is -4.27. The monoisotopic (exact) mass is 552 g/mol. The molecule has 3 aromatic heterocycles. The maximum Gasteiger partial charge on any atom is 0.193 e. The molecule has 210 valence electrons. The molecule has 2 fully saturated rings. The smallest absolute Gasteiger partial charge is 0.193 e. The summed E-state index contributed by atoms with van der Waals surface area (Å²) in [6.45, 7) is 6.86. The average molecular weight is 553 g/mol. The molecule has 4 aromatic rings. The highest BCUT2D eigenvalue weighted by atomic mass is 19.1. The molecule has 0 amide bonds. The zero-order chi connectivity index (χ0) is 28.5. The molecule has 1 saturated carbocycles. The van der Waals surface area contributed by atoms with E-state index in [1.807, 2.05) is 44.6 Å². The number of anilines is 1. The van der Waals surface area contributed by atoms with Crippen LogP contribution in [0.4, 0.5) is 15.8 Å². The lowest BCUT2D eigenvalue weighted by Crippen LogP contribution is -2.48. The van der Waals surface area contributed by atoms with Gasteiger partial charge in [0.1, 0.15) is 5.82 Å². The van der Waals surface area contributed by atoms with Crippen LogP contribution in [0.2, 0.25) is 0 Å². The molecular formula is C31H33FN8O.